The van der Waals surface area contributed by atoms with Crippen LogP contribution in [0.15, 0.2) is 24.3 Å². The molecule has 1 saturated heterocycles. The van der Waals surface area contributed by atoms with Crippen molar-refractivity contribution in [2.45, 2.75) is 39.3 Å². The predicted octanol–water partition coefficient (Wildman–Crippen LogP) is 3.55. The molecule has 0 bridgehead atoms. The Balaban J connectivity index is 1.82. The molecule has 0 saturated carbocycles. The van der Waals surface area contributed by atoms with Gasteiger partial charge in [-0.2, -0.15) is 0 Å². The van der Waals surface area contributed by atoms with Crippen molar-refractivity contribution in [2.24, 2.45) is 5.92 Å². The van der Waals surface area contributed by atoms with Crippen LogP contribution in [0.4, 0.5) is 0 Å². The number of piperidine rings is 1. The van der Waals surface area contributed by atoms with Gasteiger partial charge in [0.1, 0.15) is 0 Å². The topological polar surface area (TPSA) is 15.3 Å². The summed E-state index contributed by atoms with van der Waals surface area (Å²) in [5.74, 6) is 0.795. The highest BCUT2D eigenvalue weighted by Gasteiger charge is 2.19. The minimum absolute atomic E-state index is 0.589. The van der Waals surface area contributed by atoms with Gasteiger partial charge in [0.15, 0.2) is 0 Å². The fourth-order valence-corrected chi connectivity index (χ4v) is 2.84. The Kier molecular flexibility index (Phi) is 5.68. The molecule has 1 fully saturated rings. The van der Waals surface area contributed by atoms with Crippen molar-refractivity contribution in [2.75, 3.05) is 19.6 Å². The summed E-state index contributed by atoms with van der Waals surface area (Å²) in [6, 6.07) is 8.83. The summed E-state index contributed by atoms with van der Waals surface area (Å²) in [7, 11) is 0. The van der Waals surface area contributed by atoms with E-state index >= 15 is 0 Å². The Bertz CT molecular complexity index is 375. The van der Waals surface area contributed by atoms with E-state index in [2.05, 4.69) is 36.2 Å². The minimum Gasteiger partial charge on any atom is -0.314 e. The van der Waals surface area contributed by atoms with Gasteiger partial charge >= 0.3 is 0 Å². The van der Waals surface area contributed by atoms with Crippen LogP contribution in [0.3, 0.4) is 0 Å². The normalized spacial score (nSPS) is 20.9. The number of halogens is 1. The Morgan fingerprint density at radius 3 is 2.74 bits per heavy atom. The van der Waals surface area contributed by atoms with Gasteiger partial charge in [-0.05, 0) is 49.5 Å². The number of nitrogens with zero attached hydrogens (tertiary/aromatic N) is 1. The molecule has 106 valence electrons. The van der Waals surface area contributed by atoms with Crippen LogP contribution in [0.25, 0.3) is 0 Å². The fourth-order valence-electron chi connectivity index (χ4n) is 2.71. The summed E-state index contributed by atoms with van der Waals surface area (Å²) >= 11 is 5.93. The van der Waals surface area contributed by atoms with Crippen LogP contribution in [0.1, 0.15) is 32.3 Å². The van der Waals surface area contributed by atoms with Gasteiger partial charge in [0.05, 0.1) is 0 Å². The van der Waals surface area contributed by atoms with E-state index in [0.29, 0.717) is 6.04 Å². The molecule has 19 heavy (non-hydrogen) atoms. The third-order valence-electron chi connectivity index (χ3n) is 3.74. The van der Waals surface area contributed by atoms with E-state index in [0.717, 1.165) is 24.0 Å². The van der Waals surface area contributed by atoms with Crippen molar-refractivity contribution in [1.82, 2.24) is 10.2 Å². The van der Waals surface area contributed by atoms with Crippen LogP contribution >= 0.6 is 11.6 Å². The Morgan fingerprint density at radius 1 is 1.32 bits per heavy atom. The molecule has 1 heterocycles. The van der Waals surface area contributed by atoms with Crippen LogP contribution < -0.4 is 5.32 Å². The second-order valence-corrected chi connectivity index (χ2v) is 6.37. The zero-order chi connectivity index (χ0) is 13.7. The van der Waals surface area contributed by atoms with Gasteiger partial charge in [0.25, 0.3) is 0 Å². The first-order valence-electron chi connectivity index (χ1n) is 7.33. The monoisotopic (exact) mass is 280 g/mol. The standard InChI is InChI=1S/C16H25ClN2/c1-13(2)18-10-15-4-3-9-19(12-15)11-14-5-7-16(17)8-6-14/h5-8,13,15,18H,3-4,9-12H2,1-2H3. The number of nitrogens with one attached hydrogen (secondary N) is 1. The lowest BCUT2D eigenvalue weighted by Gasteiger charge is -2.33. The summed E-state index contributed by atoms with van der Waals surface area (Å²) in [5.41, 5.74) is 1.36. The molecule has 1 unspecified atom stereocenters. The summed E-state index contributed by atoms with van der Waals surface area (Å²) < 4.78 is 0. The largest absolute Gasteiger partial charge is 0.314 e. The average molecular weight is 281 g/mol. The molecule has 1 aromatic carbocycles. The first-order chi connectivity index (χ1) is 9.13. The first-order valence-corrected chi connectivity index (χ1v) is 7.71. The Morgan fingerprint density at radius 2 is 2.05 bits per heavy atom. The lowest BCUT2D eigenvalue weighted by atomic mass is 9.97. The van der Waals surface area contributed by atoms with Crippen molar-refractivity contribution in [3.63, 3.8) is 0 Å². The molecule has 3 heteroatoms. The maximum Gasteiger partial charge on any atom is 0.0406 e. The highest BCUT2D eigenvalue weighted by Crippen LogP contribution is 2.19. The summed E-state index contributed by atoms with van der Waals surface area (Å²) in [4.78, 5) is 2.57. The van der Waals surface area contributed by atoms with E-state index in [1.165, 1.54) is 31.5 Å². The summed E-state index contributed by atoms with van der Waals surface area (Å²) in [5, 5.41) is 4.38. The molecule has 1 aromatic rings. The van der Waals surface area contributed by atoms with Gasteiger partial charge in [-0.1, -0.05) is 37.6 Å². The zero-order valence-electron chi connectivity index (χ0n) is 12.0. The lowest BCUT2D eigenvalue weighted by Crippen LogP contribution is -2.40. The maximum atomic E-state index is 5.93. The van der Waals surface area contributed by atoms with Gasteiger partial charge in [0, 0.05) is 24.2 Å². The van der Waals surface area contributed by atoms with Crippen molar-refractivity contribution in [3.8, 4) is 0 Å². The fraction of sp³-hybridized carbons (Fsp3) is 0.625. The molecule has 1 atom stereocenters. The number of rotatable bonds is 5. The second-order valence-electron chi connectivity index (χ2n) is 5.93. The van der Waals surface area contributed by atoms with Gasteiger partial charge in [-0.15, -0.1) is 0 Å². The molecule has 1 N–H and O–H groups in total. The lowest BCUT2D eigenvalue weighted by molar-refractivity contribution is 0.164. The Labute approximate surface area is 122 Å². The van der Waals surface area contributed by atoms with Gasteiger partial charge < -0.3 is 5.32 Å². The second kappa shape index (κ2) is 7.28. The molecule has 0 radical (unpaired) electrons. The average Bonchev–Trinajstić information content (AvgIpc) is 2.40. The summed E-state index contributed by atoms with van der Waals surface area (Å²) in [6.07, 6.45) is 2.68. The van der Waals surface area contributed by atoms with Crippen LogP contribution in [-0.2, 0) is 6.54 Å². The van der Waals surface area contributed by atoms with E-state index in [1.54, 1.807) is 0 Å². The Hall–Kier alpha value is -0.570. The third kappa shape index (κ3) is 5.13. The van der Waals surface area contributed by atoms with Crippen molar-refractivity contribution >= 4 is 11.6 Å². The van der Waals surface area contributed by atoms with Gasteiger partial charge in [-0.25, -0.2) is 0 Å². The van der Waals surface area contributed by atoms with Crippen LogP contribution in [0.5, 0.6) is 0 Å². The number of hydrogen-bond donors (Lipinski definition) is 1. The van der Waals surface area contributed by atoms with E-state index in [-0.39, 0.29) is 0 Å². The number of likely N-dealkylation sites (tertiary alicyclic amines) is 1. The van der Waals surface area contributed by atoms with Gasteiger partial charge in [-0.3, -0.25) is 4.90 Å². The van der Waals surface area contributed by atoms with Crippen LogP contribution in [-0.4, -0.2) is 30.6 Å². The van der Waals surface area contributed by atoms with E-state index in [4.69, 9.17) is 11.6 Å². The molecule has 0 amide bonds. The molecule has 0 aromatic heterocycles. The number of benzene rings is 1. The molecule has 1 aliphatic heterocycles. The van der Waals surface area contributed by atoms with E-state index in [1.807, 2.05) is 12.1 Å². The smallest absolute Gasteiger partial charge is 0.0406 e. The van der Waals surface area contributed by atoms with Crippen LogP contribution in [0, 0.1) is 5.92 Å². The molecular formula is C16H25ClN2. The minimum atomic E-state index is 0.589. The predicted molar refractivity (Wildman–Crippen MR) is 82.6 cm³/mol. The molecule has 2 nitrogen and oxygen atoms in total. The highest BCUT2D eigenvalue weighted by molar-refractivity contribution is 6.30. The maximum absolute atomic E-state index is 5.93. The highest BCUT2D eigenvalue weighted by atomic mass is 35.5. The summed E-state index contributed by atoms with van der Waals surface area (Å²) in [6.45, 7) is 9.07. The number of hydrogen-bond acceptors (Lipinski definition) is 2. The zero-order valence-corrected chi connectivity index (χ0v) is 12.8. The van der Waals surface area contributed by atoms with E-state index in [9.17, 15) is 0 Å². The van der Waals surface area contributed by atoms with Crippen molar-refractivity contribution in [3.05, 3.63) is 34.9 Å². The quantitative estimate of drug-likeness (QED) is 0.887. The third-order valence-corrected chi connectivity index (χ3v) is 3.99. The van der Waals surface area contributed by atoms with Crippen molar-refractivity contribution < 1.29 is 0 Å². The molecule has 2 rings (SSSR count). The molecular weight excluding hydrogens is 256 g/mol. The first kappa shape index (κ1) is 14.8. The molecule has 0 aliphatic carbocycles. The van der Waals surface area contributed by atoms with E-state index < -0.39 is 0 Å². The van der Waals surface area contributed by atoms with Gasteiger partial charge in [0.2, 0.25) is 0 Å². The van der Waals surface area contributed by atoms with Crippen molar-refractivity contribution in [1.29, 1.82) is 0 Å². The molecule has 1 aliphatic rings. The molecule has 0 spiro atoms. The van der Waals surface area contributed by atoms with Crippen LogP contribution in [0.2, 0.25) is 5.02 Å². The SMILES string of the molecule is CC(C)NCC1CCCN(Cc2ccc(Cl)cc2)C1.